The minimum Gasteiger partial charge on any atom is -0.334 e. The zero-order valence-electron chi connectivity index (χ0n) is 11.5. The molecule has 0 fully saturated rings. The molecule has 2 aromatic rings. The number of rotatable bonds is 3. The molecule has 0 saturated carbocycles. The van der Waals surface area contributed by atoms with Crippen molar-refractivity contribution >= 4 is 34.1 Å². The highest BCUT2D eigenvalue weighted by molar-refractivity contribution is 7.15. The topological polar surface area (TPSA) is 54.0 Å². The molecule has 0 radical (unpaired) electrons. The van der Waals surface area contributed by atoms with E-state index in [0.29, 0.717) is 16.7 Å². The van der Waals surface area contributed by atoms with Crippen LogP contribution in [0.25, 0.3) is 0 Å². The Morgan fingerprint density at radius 2 is 2.19 bits per heavy atom. The van der Waals surface area contributed by atoms with Gasteiger partial charge in [-0.15, -0.1) is 11.3 Å². The maximum atomic E-state index is 11.9. The fourth-order valence-corrected chi connectivity index (χ4v) is 3.63. The standard InChI is InChI=1S/C15H16ClN3OS/c16-11-5-3-4-10(8-11)9-17-14(20)19-15-18-12-6-1-2-7-13(12)21-15/h3-5,8H,1-2,6-7,9H2,(H2,17,18,19,20). The van der Waals surface area contributed by atoms with E-state index >= 15 is 0 Å². The van der Waals surface area contributed by atoms with Crippen molar-refractivity contribution in [2.45, 2.75) is 32.2 Å². The number of fused-ring (bicyclic) bond motifs is 1. The van der Waals surface area contributed by atoms with Crippen LogP contribution >= 0.6 is 22.9 Å². The Labute approximate surface area is 132 Å². The summed E-state index contributed by atoms with van der Waals surface area (Å²) >= 11 is 7.49. The molecule has 0 atom stereocenters. The Morgan fingerprint density at radius 1 is 1.33 bits per heavy atom. The van der Waals surface area contributed by atoms with Gasteiger partial charge in [-0.2, -0.15) is 0 Å². The summed E-state index contributed by atoms with van der Waals surface area (Å²) in [6.45, 7) is 0.442. The molecule has 21 heavy (non-hydrogen) atoms. The number of anilines is 1. The van der Waals surface area contributed by atoms with Crippen LogP contribution in [0.5, 0.6) is 0 Å². The van der Waals surface area contributed by atoms with Crippen molar-refractivity contribution in [3.8, 4) is 0 Å². The van der Waals surface area contributed by atoms with Gasteiger partial charge in [-0.1, -0.05) is 23.7 Å². The second-order valence-corrected chi connectivity index (χ2v) is 6.55. The first-order valence-electron chi connectivity index (χ1n) is 6.98. The van der Waals surface area contributed by atoms with Crippen LogP contribution in [-0.4, -0.2) is 11.0 Å². The molecule has 1 aromatic carbocycles. The first-order chi connectivity index (χ1) is 10.2. The van der Waals surface area contributed by atoms with Crippen LogP contribution in [0.4, 0.5) is 9.93 Å². The Morgan fingerprint density at radius 3 is 3.00 bits per heavy atom. The van der Waals surface area contributed by atoms with E-state index in [1.54, 1.807) is 11.3 Å². The highest BCUT2D eigenvalue weighted by Gasteiger charge is 2.16. The summed E-state index contributed by atoms with van der Waals surface area (Å²) in [7, 11) is 0. The summed E-state index contributed by atoms with van der Waals surface area (Å²) in [5.41, 5.74) is 2.12. The third-order valence-corrected chi connectivity index (χ3v) is 4.72. The number of halogens is 1. The van der Waals surface area contributed by atoms with Gasteiger partial charge in [0, 0.05) is 16.4 Å². The van der Waals surface area contributed by atoms with E-state index in [0.717, 1.165) is 24.1 Å². The Kier molecular flexibility index (Phi) is 4.41. The smallest absolute Gasteiger partial charge is 0.321 e. The molecule has 0 saturated heterocycles. The van der Waals surface area contributed by atoms with Gasteiger partial charge >= 0.3 is 6.03 Å². The van der Waals surface area contributed by atoms with Gasteiger partial charge in [0.05, 0.1) is 5.69 Å². The van der Waals surface area contributed by atoms with Crippen LogP contribution in [0.15, 0.2) is 24.3 Å². The molecule has 3 rings (SSSR count). The predicted octanol–water partition coefficient (Wildman–Crippen LogP) is 4.00. The van der Waals surface area contributed by atoms with E-state index in [-0.39, 0.29) is 6.03 Å². The molecule has 110 valence electrons. The molecular formula is C15H16ClN3OS. The minimum atomic E-state index is -0.235. The van der Waals surface area contributed by atoms with Gasteiger partial charge in [-0.25, -0.2) is 9.78 Å². The van der Waals surface area contributed by atoms with Crippen molar-refractivity contribution in [2.75, 3.05) is 5.32 Å². The molecule has 1 aliphatic carbocycles. The van der Waals surface area contributed by atoms with Gasteiger partial charge in [-0.3, -0.25) is 5.32 Å². The van der Waals surface area contributed by atoms with Gasteiger partial charge in [0.2, 0.25) is 0 Å². The maximum absolute atomic E-state index is 11.9. The molecule has 2 N–H and O–H groups in total. The van der Waals surface area contributed by atoms with Crippen LogP contribution in [0.3, 0.4) is 0 Å². The first-order valence-corrected chi connectivity index (χ1v) is 8.18. The SMILES string of the molecule is O=C(NCc1cccc(Cl)c1)Nc1nc2c(s1)CCCC2. The molecule has 0 aliphatic heterocycles. The van der Waals surface area contributed by atoms with E-state index in [2.05, 4.69) is 15.6 Å². The Hall–Kier alpha value is -1.59. The number of benzene rings is 1. The van der Waals surface area contributed by atoms with Crippen molar-refractivity contribution in [3.05, 3.63) is 45.4 Å². The van der Waals surface area contributed by atoms with Gasteiger partial charge in [0.15, 0.2) is 5.13 Å². The number of nitrogens with zero attached hydrogens (tertiary/aromatic N) is 1. The number of aromatic nitrogens is 1. The van der Waals surface area contributed by atoms with Gasteiger partial charge in [0.1, 0.15) is 0 Å². The number of hydrogen-bond donors (Lipinski definition) is 2. The minimum absolute atomic E-state index is 0.235. The van der Waals surface area contributed by atoms with E-state index in [4.69, 9.17) is 11.6 Å². The zero-order valence-corrected chi connectivity index (χ0v) is 13.1. The van der Waals surface area contributed by atoms with Crippen molar-refractivity contribution in [1.29, 1.82) is 0 Å². The van der Waals surface area contributed by atoms with E-state index in [1.165, 1.54) is 17.7 Å². The third kappa shape index (κ3) is 3.74. The number of thiazole rings is 1. The summed E-state index contributed by atoms with van der Waals surface area (Å²) < 4.78 is 0. The lowest BCUT2D eigenvalue weighted by Crippen LogP contribution is -2.28. The van der Waals surface area contributed by atoms with E-state index in [9.17, 15) is 4.79 Å². The van der Waals surface area contributed by atoms with Crippen molar-refractivity contribution < 1.29 is 4.79 Å². The average Bonchev–Trinajstić information content (AvgIpc) is 2.87. The largest absolute Gasteiger partial charge is 0.334 e. The molecule has 6 heteroatoms. The van der Waals surface area contributed by atoms with Crippen LogP contribution < -0.4 is 10.6 Å². The second-order valence-electron chi connectivity index (χ2n) is 5.03. The van der Waals surface area contributed by atoms with Crippen molar-refractivity contribution in [1.82, 2.24) is 10.3 Å². The third-order valence-electron chi connectivity index (χ3n) is 3.41. The summed E-state index contributed by atoms with van der Waals surface area (Å²) in [6.07, 6.45) is 4.52. The Balaban J connectivity index is 1.55. The lowest BCUT2D eigenvalue weighted by molar-refractivity contribution is 0.251. The highest BCUT2D eigenvalue weighted by atomic mass is 35.5. The van der Waals surface area contributed by atoms with Gasteiger partial charge in [-0.05, 0) is 43.4 Å². The summed E-state index contributed by atoms with van der Waals surface area (Å²) in [5.74, 6) is 0. The number of carbonyl (C=O) groups excluding carboxylic acids is 1. The number of nitrogens with one attached hydrogen (secondary N) is 2. The molecular weight excluding hydrogens is 306 g/mol. The fraction of sp³-hybridized carbons (Fsp3) is 0.333. The van der Waals surface area contributed by atoms with Crippen molar-refractivity contribution in [3.63, 3.8) is 0 Å². The normalized spacial score (nSPS) is 13.6. The molecule has 0 unspecified atom stereocenters. The molecule has 2 amide bonds. The average molecular weight is 322 g/mol. The molecule has 4 nitrogen and oxygen atoms in total. The number of hydrogen-bond acceptors (Lipinski definition) is 3. The molecule has 1 heterocycles. The summed E-state index contributed by atoms with van der Waals surface area (Å²) in [6, 6.07) is 7.20. The maximum Gasteiger partial charge on any atom is 0.321 e. The van der Waals surface area contributed by atoms with Gasteiger partial charge in [0.25, 0.3) is 0 Å². The number of urea groups is 1. The summed E-state index contributed by atoms with van der Waals surface area (Å²) in [4.78, 5) is 17.7. The lowest BCUT2D eigenvalue weighted by atomic mass is 10.0. The van der Waals surface area contributed by atoms with Crippen LogP contribution in [0, 0.1) is 0 Å². The first kappa shape index (κ1) is 14.4. The number of aryl methyl sites for hydroxylation is 2. The van der Waals surface area contributed by atoms with Gasteiger partial charge < -0.3 is 5.32 Å². The molecule has 1 aromatic heterocycles. The molecule has 0 spiro atoms. The fourth-order valence-electron chi connectivity index (χ4n) is 2.38. The highest BCUT2D eigenvalue weighted by Crippen LogP contribution is 2.29. The monoisotopic (exact) mass is 321 g/mol. The predicted molar refractivity (Wildman–Crippen MR) is 86.1 cm³/mol. The van der Waals surface area contributed by atoms with Crippen LogP contribution in [-0.2, 0) is 19.4 Å². The van der Waals surface area contributed by atoms with E-state index in [1.807, 2.05) is 24.3 Å². The lowest BCUT2D eigenvalue weighted by Gasteiger charge is -2.06. The summed E-state index contributed by atoms with van der Waals surface area (Å²) in [5, 5.41) is 6.98. The zero-order chi connectivity index (χ0) is 14.7. The van der Waals surface area contributed by atoms with Crippen LogP contribution in [0.2, 0.25) is 5.02 Å². The molecule has 0 bridgehead atoms. The van der Waals surface area contributed by atoms with Crippen LogP contribution in [0.1, 0.15) is 29.0 Å². The van der Waals surface area contributed by atoms with Crippen molar-refractivity contribution in [2.24, 2.45) is 0 Å². The molecule has 1 aliphatic rings. The number of carbonyl (C=O) groups is 1. The van der Waals surface area contributed by atoms with E-state index < -0.39 is 0 Å². The number of amides is 2. The second kappa shape index (κ2) is 6.45. The Bertz CT molecular complexity index is 633. The quantitative estimate of drug-likeness (QED) is 0.897.